The highest BCUT2D eigenvalue weighted by molar-refractivity contribution is 5.79. The third-order valence-corrected chi connectivity index (χ3v) is 6.66. The Bertz CT molecular complexity index is 1250. The van der Waals surface area contributed by atoms with Gasteiger partial charge in [-0.2, -0.15) is 0 Å². The number of aliphatic hydroxyl groups excluding tert-OH is 1. The van der Waals surface area contributed by atoms with E-state index in [2.05, 4.69) is 33.3 Å². The van der Waals surface area contributed by atoms with Gasteiger partial charge < -0.3 is 19.4 Å². The monoisotopic (exact) mass is 401 g/mol. The van der Waals surface area contributed by atoms with E-state index in [1.807, 2.05) is 32.0 Å². The van der Waals surface area contributed by atoms with Crippen LogP contribution in [0.3, 0.4) is 0 Å². The molecule has 6 heteroatoms. The van der Waals surface area contributed by atoms with E-state index in [1.165, 1.54) is 0 Å². The summed E-state index contributed by atoms with van der Waals surface area (Å²) in [6.45, 7) is 3.87. The molecule has 1 saturated carbocycles. The highest BCUT2D eigenvalue weighted by Crippen LogP contribution is 2.55. The number of nitrogens with one attached hydrogen (secondary N) is 1. The first-order chi connectivity index (χ1) is 14.6. The van der Waals surface area contributed by atoms with Crippen LogP contribution in [0, 0.1) is 19.8 Å². The summed E-state index contributed by atoms with van der Waals surface area (Å²) in [6, 6.07) is 12.2. The molecule has 2 aromatic carbocycles. The van der Waals surface area contributed by atoms with Crippen molar-refractivity contribution < 1.29 is 14.4 Å². The molecule has 3 heterocycles. The number of benzene rings is 2. The fraction of sp³-hybridized carbons (Fsp3) is 0.333. The number of aromatic nitrogens is 3. The number of nitrogens with zero attached hydrogens (tertiary/aromatic N) is 2. The highest BCUT2D eigenvalue weighted by Gasteiger charge is 2.56. The number of hydrogen-bond donors (Lipinski definition) is 2. The van der Waals surface area contributed by atoms with Gasteiger partial charge in [0, 0.05) is 23.5 Å². The lowest BCUT2D eigenvalue weighted by atomic mass is 9.82. The van der Waals surface area contributed by atoms with Crippen molar-refractivity contribution >= 4 is 11.0 Å². The summed E-state index contributed by atoms with van der Waals surface area (Å²) in [5.74, 6) is 1.97. The van der Waals surface area contributed by atoms with Gasteiger partial charge in [-0.1, -0.05) is 29.4 Å². The van der Waals surface area contributed by atoms with E-state index < -0.39 is 11.7 Å². The van der Waals surface area contributed by atoms with Gasteiger partial charge in [-0.15, -0.1) is 0 Å². The van der Waals surface area contributed by atoms with Gasteiger partial charge in [-0.3, -0.25) is 0 Å². The van der Waals surface area contributed by atoms with Crippen molar-refractivity contribution in [3.05, 3.63) is 65.3 Å². The Morgan fingerprint density at radius 1 is 1.20 bits per heavy atom. The first-order valence-corrected chi connectivity index (χ1v) is 10.4. The average Bonchev–Trinajstić information content (AvgIpc) is 3.22. The lowest BCUT2D eigenvalue weighted by molar-refractivity contribution is -0.0574. The predicted molar refractivity (Wildman–Crippen MR) is 112 cm³/mol. The third-order valence-electron chi connectivity index (χ3n) is 6.66. The minimum absolute atomic E-state index is 0.330. The average molecular weight is 401 g/mol. The Hall–Kier alpha value is -3.12. The van der Waals surface area contributed by atoms with Crippen LogP contribution in [-0.2, 0) is 6.42 Å². The molecule has 2 aliphatic rings. The summed E-state index contributed by atoms with van der Waals surface area (Å²) in [5.41, 5.74) is 5.92. The van der Waals surface area contributed by atoms with Crippen LogP contribution in [0.2, 0.25) is 0 Å². The van der Waals surface area contributed by atoms with Crippen molar-refractivity contribution in [2.24, 2.45) is 5.92 Å². The van der Waals surface area contributed by atoms with Crippen LogP contribution >= 0.6 is 0 Å². The molecule has 0 saturated heterocycles. The molecule has 2 atom stereocenters. The smallest absolute Gasteiger partial charge is 0.146 e. The molecule has 2 aromatic heterocycles. The summed E-state index contributed by atoms with van der Waals surface area (Å²) in [6.07, 6.45) is 3.74. The zero-order valence-corrected chi connectivity index (χ0v) is 17.0. The van der Waals surface area contributed by atoms with Crippen LogP contribution in [0.4, 0.5) is 0 Å². The van der Waals surface area contributed by atoms with Crippen molar-refractivity contribution in [1.82, 2.24) is 15.1 Å². The summed E-state index contributed by atoms with van der Waals surface area (Å²) >= 11 is 0. The second kappa shape index (κ2) is 6.19. The minimum Gasteiger partial charge on any atom is -0.483 e. The molecule has 0 spiro atoms. The number of fused-ring (bicyclic) bond motifs is 2. The number of ether oxygens (including phenoxy) is 1. The molecule has 6 nitrogen and oxygen atoms in total. The number of aryl methyl sites for hydroxylation is 2. The molecule has 152 valence electrons. The Kier molecular flexibility index (Phi) is 3.65. The highest BCUT2D eigenvalue weighted by atomic mass is 16.5. The van der Waals surface area contributed by atoms with Crippen molar-refractivity contribution in [3.63, 3.8) is 0 Å². The van der Waals surface area contributed by atoms with E-state index in [1.54, 1.807) is 6.33 Å². The van der Waals surface area contributed by atoms with Gasteiger partial charge in [0.25, 0.3) is 0 Å². The van der Waals surface area contributed by atoms with Crippen molar-refractivity contribution in [2.45, 2.75) is 44.8 Å². The fourth-order valence-electron chi connectivity index (χ4n) is 5.03. The molecule has 6 rings (SSSR count). The van der Waals surface area contributed by atoms with Gasteiger partial charge >= 0.3 is 0 Å². The third kappa shape index (κ3) is 2.46. The molecule has 1 fully saturated rings. The van der Waals surface area contributed by atoms with E-state index in [-0.39, 0.29) is 0 Å². The zero-order chi connectivity index (χ0) is 20.5. The number of aliphatic hydroxyl groups is 1. The van der Waals surface area contributed by atoms with Gasteiger partial charge in [0.05, 0.1) is 23.1 Å². The maximum Gasteiger partial charge on any atom is 0.146 e. The van der Waals surface area contributed by atoms with E-state index in [0.717, 1.165) is 63.3 Å². The minimum atomic E-state index is -0.757. The second-order valence-corrected chi connectivity index (χ2v) is 8.58. The lowest BCUT2D eigenvalue weighted by Gasteiger charge is -2.34. The molecule has 0 amide bonds. The van der Waals surface area contributed by atoms with Crippen molar-refractivity contribution in [3.8, 4) is 16.9 Å². The summed E-state index contributed by atoms with van der Waals surface area (Å²) in [4.78, 5) is 7.59. The predicted octanol–water partition coefficient (Wildman–Crippen LogP) is 4.65. The van der Waals surface area contributed by atoms with Crippen molar-refractivity contribution in [2.75, 3.05) is 0 Å². The molecule has 1 aliphatic heterocycles. The first-order valence-electron chi connectivity index (χ1n) is 10.4. The van der Waals surface area contributed by atoms with E-state index in [0.29, 0.717) is 12.3 Å². The van der Waals surface area contributed by atoms with Gasteiger partial charge in [0.15, 0.2) is 0 Å². The van der Waals surface area contributed by atoms with Crippen LogP contribution in [0.15, 0.2) is 47.2 Å². The number of H-pyrrole nitrogens is 1. The van der Waals surface area contributed by atoms with Gasteiger partial charge in [0.2, 0.25) is 0 Å². The van der Waals surface area contributed by atoms with Crippen molar-refractivity contribution in [1.29, 1.82) is 0 Å². The first kappa shape index (κ1) is 17.7. The molecule has 2 N–H and O–H groups in total. The van der Waals surface area contributed by atoms with Crippen LogP contribution in [-0.4, -0.2) is 25.8 Å². The Morgan fingerprint density at radius 3 is 2.83 bits per heavy atom. The maximum atomic E-state index is 11.6. The molecule has 30 heavy (non-hydrogen) atoms. The number of aromatic amines is 1. The van der Waals surface area contributed by atoms with E-state index in [4.69, 9.17) is 9.26 Å². The van der Waals surface area contributed by atoms with Gasteiger partial charge in [-0.05, 0) is 49.9 Å². The normalized spacial score (nSPS) is 21.6. The standard InChI is InChI=1S/C24H23N3O3/c1-13-21(14(2)30-27-13)15-6-7-16-11-24(17-8-9-17,29-20(16)10-15)23(28)18-4-3-5-19-22(18)26-12-25-19/h3-7,10,12,17,23,28H,8-9,11H2,1-2H3,(H,25,26). The molecule has 2 unspecified atom stereocenters. The molecular formula is C24H23N3O3. The quantitative estimate of drug-likeness (QED) is 0.520. The van der Waals surface area contributed by atoms with E-state index >= 15 is 0 Å². The lowest BCUT2D eigenvalue weighted by Crippen LogP contribution is -2.43. The van der Waals surface area contributed by atoms with Crippen LogP contribution in [0.25, 0.3) is 22.2 Å². The molecular weight excluding hydrogens is 378 g/mol. The Labute approximate surface area is 173 Å². The molecule has 4 aromatic rings. The number of hydrogen-bond acceptors (Lipinski definition) is 5. The zero-order valence-electron chi connectivity index (χ0n) is 17.0. The fourth-order valence-corrected chi connectivity index (χ4v) is 5.03. The summed E-state index contributed by atoms with van der Waals surface area (Å²) in [7, 11) is 0. The van der Waals surface area contributed by atoms with E-state index in [9.17, 15) is 5.11 Å². The van der Waals surface area contributed by atoms with Crippen LogP contribution in [0.5, 0.6) is 5.75 Å². The topological polar surface area (TPSA) is 84.2 Å². The van der Waals surface area contributed by atoms with Crippen LogP contribution < -0.4 is 4.74 Å². The summed E-state index contributed by atoms with van der Waals surface area (Å²) < 4.78 is 12.0. The second-order valence-electron chi connectivity index (χ2n) is 8.58. The van der Waals surface area contributed by atoms with Gasteiger partial charge in [-0.25, -0.2) is 4.98 Å². The van der Waals surface area contributed by atoms with Gasteiger partial charge in [0.1, 0.15) is 23.2 Å². The summed E-state index contributed by atoms with van der Waals surface area (Å²) in [5, 5.41) is 15.7. The Balaban J connectivity index is 1.42. The van der Waals surface area contributed by atoms with Crippen LogP contribution in [0.1, 0.15) is 41.5 Å². The number of imidazole rings is 1. The molecule has 1 aliphatic carbocycles. The Morgan fingerprint density at radius 2 is 2.07 bits per heavy atom. The molecule has 0 radical (unpaired) electrons. The SMILES string of the molecule is Cc1noc(C)c1-c1ccc2c(c1)OC(C1CC1)(C(O)c1cccc3[nH]cnc13)C2. The molecule has 0 bridgehead atoms. The largest absolute Gasteiger partial charge is 0.483 e. The number of para-hydroxylation sites is 1. The number of rotatable bonds is 4. The maximum absolute atomic E-state index is 11.6.